The lowest BCUT2D eigenvalue weighted by Gasteiger charge is -2.10. The molecular formula is C17H19NO5S. The molecule has 0 aliphatic heterocycles. The van der Waals surface area contributed by atoms with Crippen molar-refractivity contribution in [3.8, 4) is 22.1 Å². The SMILES string of the molecule is COc1cccc(-c2nc(CC(=O)C[C@@H](C)C(=O)O)cs2)c1OC. The number of Topliss-reactive ketones (excluding diaryl/α,β-unsaturated/α-hetero) is 1. The topological polar surface area (TPSA) is 85.7 Å². The number of hydrogen-bond donors (Lipinski definition) is 1. The Hall–Kier alpha value is -2.41. The van der Waals surface area contributed by atoms with Crippen LogP contribution in [0.25, 0.3) is 10.6 Å². The number of carboxylic acid groups (broad SMARTS) is 1. The largest absolute Gasteiger partial charge is 0.493 e. The van der Waals surface area contributed by atoms with Gasteiger partial charge in [0, 0.05) is 18.2 Å². The molecule has 1 N–H and O–H groups in total. The average Bonchev–Trinajstić information content (AvgIpc) is 3.01. The van der Waals surface area contributed by atoms with Gasteiger partial charge in [0.1, 0.15) is 10.8 Å². The van der Waals surface area contributed by atoms with Gasteiger partial charge in [-0.1, -0.05) is 13.0 Å². The number of carbonyl (C=O) groups is 2. The average molecular weight is 349 g/mol. The number of thiazole rings is 1. The van der Waals surface area contributed by atoms with Gasteiger partial charge in [0.2, 0.25) is 0 Å². The third-order valence-electron chi connectivity index (χ3n) is 3.52. The normalized spacial score (nSPS) is 11.8. The van der Waals surface area contributed by atoms with Gasteiger partial charge in [-0.05, 0) is 12.1 Å². The van der Waals surface area contributed by atoms with E-state index in [1.54, 1.807) is 25.7 Å². The van der Waals surface area contributed by atoms with Gasteiger partial charge < -0.3 is 14.6 Å². The molecule has 0 amide bonds. The molecule has 6 nitrogen and oxygen atoms in total. The molecule has 0 spiro atoms. The maximum absolute atomic E-state index is 12.0. The van der Waals surface area contributed by atoms with Crippen LogP contribution in [0.4, 0.5) is 0 Å². The summed E-state index contributed by atoms with van der Waals surface area (Å²) in [6, 6.07) is 5.52. The van der Waals surface area contributed by atoms with E-state index in [0.29, 0.717) is 17.2 Å². The predicted molar refractivity (Wildman–Crippen MR) is 90.8 cm³/mol. The molecule has 1 heterocycles. The molecule has 0 aliphatic carbocycles. The molecule has 0 saturated carbocycles. The highest BCUT2D eigenvalue weighted by atomic mass is 32.1. The Labute approximate surface area is 144 Å². The Bertz CT molecular complexity index is 740. The zero-order valence-electron chi connectivity index (χ0n) is 13.7. The summed E-state index contributed by atoms with van der Waals surface area (Å²) >= 11 is 1.40. The molecule has 0 bridgehead atoms. The van der Waals surface area contributed by atoms with Gasteiger partial charge in [-0.15, -0.1) is 11.3 Å². The lowest BCUT2D eigenvalue weighted by molar-refractivity contribution is -0.143. The Morgan fingerprint density at radius 2 is 2.04 bits per heavy atom. The van der Waals surface area contributed by atoms with Crippen LogP contribution in [0.2, 0.25) is 0 Å². The maximum atomic E-state index is 12.0. The summed E-state index contributed by atoms with van der Waals surface area (Å²) in [7, 11) is 3.13. The third kappa shape index (κ3) is 4.11. The van der Waals surface area contributed by atoms with E-state index in [4.69, 9.17) is 14.6 Å². The third-order valence-corrected chi connectivity index (χ3v) is 4.44. The maximum Gasteiger partial charge on any atom is 0.306 e. The van der Waals surface area contributed by atoms with Crippen molar-refractivity contribution in [1.29, 1.82) is 0 Å². The van der Waals surface area contributed by atoms with Crippen LogP contribution in [0.15, 0.2) is 23.6 Å². The standard InChI is InChI=1S/C17H19NO5S/c1-10(17(20)21)7-12(19)8-11-9-24-16(18-11)13-5-4-6-14(22-2)15(13)23-3/h4-6,9-10H,7-8H2,1-3H3,(H,20,21)/t10-/m1/s1. The fourth-order valence-corrected chi connectivity index (χ4v) is 3.11. The Morgan fingerprint density at radius 1 is 1.29 bits per heavy atom. The van der Waals surface area contributed by atoms with Crippen molar-refractivity contribution in [2.24, 2.45) is 5.92 Å². The highest BCUT2D eigenvalue weighted by molar-refractivity contribution is 7.13. The Morgan fingerprint density at radius 3 is 2.67 bits per heavy atom. The number of aliphatic carboxylic acids is 1. The minimum Gasteiger partial charge on any atom is -0.493 e. The van der Waals surface area contributed by atoms with Gasteiger partial charge in [-0.3, -0.25) is 9.59 Å². The summed E-state index contributed by atoms with van der Waals surface area (Å²) in [5.41, 5.74) is 1.42. The molecule has 0 fully saturated rings. The second kappa shape index (κ2) is 7.92. The van der Waals surface area contributed by atoms with Crippen molar-refractivity contribution in [1.82, 2.24) is 4.98 Å². The van der Waals surface area contributed by atoms with Crippen LogP contribution in [0.3, 0.4) is 0 Å². The first-order valence-electron chi connectivity index (χ1n) is 7.36. The summed E-state index contributed by atoms with van der Waals surface area (Å²) in [4.78, 5) is 27.2. The van der Waals surface area contributed by atoms with Crippen molar-refractivity contribution in [2.45, 2.75) is 19.8 Å². The van der Waals surface area contributed by atoms with E-state index in [2.05, 4.69) is 4.98 Å². The smallest absolute Gasteiger partial charge is 0.306 e. The van der Waals surface area contributed by atoms with E-state index in [1.807, 2.05) is 12.1 Å². The molecule has 24 heavy (non-hydrogen) atoms. The summed E-state index contributed by atoms with van der Waals surface area (Å²) < 4.78 is 10.7. The molecular weight excluding hydrogens is 330 g/mol. The van der Waals surface area contributed by atoms with Crippen molar-refractivity contribution in [2.75, 3.05) is 14.2 Å². The molecule has 0 radical (unpaired) electrons. The number of hydrogen-bond acceptors (Lipinski definition) is 6. The zero-order valence-corrected chi connectivity index (χ0v) is 14.6. The summed E-state index contributed by atoms with van der Waals surface area (Å²) in [5, 5.41) is 11.4. The first kappa shape index (κ1) is 17.9. The highest BCUT2D eigenvalue weighted by Crippen LogP contribution is 2.39. The van der Waals surface area contributed by atoms with Crippen LogP contribution in [0.1, 0.15) is 19.0 Å². The van der Waals surface area contributed by atoms with Gasteiger partial charge in [0.15, 0.2) is 11.5 Å². The van der Waals surface area contributed by atoms with Gasteiger partial charge in [0.05, 0.1) is 31.4 Å². The second-order valence-electron chi connectivity index (χ2n) is 5.34. The Balaban J connectivity index is 2.17. The number of methoxy groups -OCH3 is 2. The number of nitrogens with zero attached hydrogens (tertiary/aromatic N) is 1. The number of benzene rings is 1. The van der Waals surface area contributed by atoms with Crippen LogP contribution in [0, 0.1) is 5.92 Å². The van der Waals surface area contributed by atoms with Crippen molar-refractivity contribution < 1.29 is 24.2 Å². The summed E-state index contributed by atoms with van der Waals surface area (Å²) in [6.07, 6.45) is 0.130. The Kier molecular flexibility index (Phi) is 5.92. The number of rotatable bonds is 8. The molecule has 2 aromatic rings. The van der Waals surface area contributed by atoms with Crippen LogP contribution in [0.5, 0.6) is 11.5 Å². The molecule has 0 unspecified atom stereocenters. The number of carboxylic acids is 1. The van der Waals surface area contributed by atoms with E-state index in [-0.39, 0.29) is 18.6 Å². The monoisotopic (exact) mass is 349 g/mol. The first-order chi connectivity index (χ1) is 11.5. The minimum absolute atomic E-state index is 0.00464. The number of carbonyl (C=O) groups excluding carboxylic acids is 1. The van der Waals surface area contributed by atoms with E-state index in [1.165, 1.54) is 18.3 Å². The molecule has 128 valence electrons. The summed E-state index contributed by atoms with van der Waals surface area (Å²) in [5.74, 6) is -0.596. The fourth-order valence-electron chi connectivity index (χ4n) is 2.27. The lowest BCUT2D eigenvalue weighted by atomic mass is 10.0. The quantitative estimate of drug-likeness (QED) is 0.788. The van der Waals surface area contributed by atoms with Gasteiger partial charge >= 0.3 is 5.97 Å². The lowest BCUT2D eigenvalue weighted by Crippen LogP contribution is -2.16. The van der Waals surface area contributed by atoms with E-state index in [9.17, 15) is 9.59 Å². The van der Waals surface area contributed by atoms with Crippen LogP contribution in [-0.4, -0.2) is 36.1 Å². The molecule has 1 atom stereocenters. The summed E-state index contributed by atoms with van der Waals surface area (Å²) in [6.45, 7) is 1.52. The number of para-hydroxylation sites is 1. The van der Waals surface area contributed by atoms with Gasteiger partial charge in [-0.2, -0.15) is 0 Å². The van der Waals surface area contributed by atoms with Gasteiger partial charge in [0.25, 0.3) is 0 Å². The van der Waals surface area contributed by atoms with Crippen LogP contribution in [-0.2, 0) is 16.0 Å². The predicted octanol–water partition coefficient (Wildman–Crippen LogP) is 3.05. The minimum atomic E-state index is -0.969. The molecule has 1 aromatic heterocycles. The molecule has 0 saturated heterocycles. The van der Waals surface area contributed by atoms with Crippen LogP contribution < -0.4 is 9.47 Å². The van der Waals surface area contributed by atoms with Crippen molar-refractivity contribution in [3.63, 3.8) is 0 Å². The number of ketones is 1. The van der Waals surface area contributed by atoms with Crippen molar-refractivity contribution in [3.05, 3.63) is 29.3 Å². The first-order valence-corrected chi connectivity index (χ1v) is 8.24. The highest BCUT2D eigenvalue weighted by Gasteiger charge is 2.18. The van der Waals surface area contributed by atoms with Crippen LogP contribution >= 0.6 is 11.3 Å². The van der Waals surface area contributed by atoms with Crippen molar-refractivity contribution >= 4 is 23.1 Å². The van der Waals surface area contributed by atoms with Gasteiger partial charge in [-0.25, -0.2) is 4.98 Å². The molecule has 2 rings (SSSR count). The zero-order chi connectivity index (χ0) is 17.7. The number of aromatic nitrogens is 1. The molecule has 7 heteroatoms. The fraction of sp³-hybridized carbons (Fsp3) is 0.353. The molecule has 1 aromatic carbocycles. The second-order valence-corrected chi connectivity index (χ2v) is 6.20. The van der Waals surface area contributed by atoms with E-state index in [0.717, 1.165) is 10.6 Å². The van der Waals surface area contributed by atoms with E-state index < -0.39 is 11.9 Å². The molecule has 0 aliphatic rings. The number of ether oxygens (including phenoxy) is 2. The van der Waals surface area contributed by atoms with E-state index >= 15 is 0 Å².